The highest BCUT2D eigenvalue weighted by molar-refractivity contribution is 5.97. The van der Waals surface area contributed by atoms with Gasteiger partial charge in [-0.25, -0.2) is 4.79 Å². The molecule has 0 aliphatic carbocycles. The lowest BCUT2D eigenvalue weighted by atomic mass is 9.98. The van der Waals surface area contributed by atoms with Gasteiger partial charge in [0.25, 0.3) is 0 Å². The zero-order chi connectivity index (χ0) is 12.4. The van der Waals surface area contributed by atoms with E-state index in [1.807, 2.05) is 19.9 Å². The average molecular weight is 235 g/mol. The average Bonchev–Trinajstić information content (AvgIpc) is 2.27. The van der Waals surface area contributed by atoms with Crippen LogP contribution in [-0.2, 0) is 11.2 Å². The molecule has 0 aromatic heterocycles. The molecule has 0 unspecified atom stereocenters. The van der Waals surface area contributed by atoms with Gasteiger partial charge in [0.15, 0.2) is 0 Å². The molecule has 0 atom stereocenters. The molecule has 0 saturated carbocycles. The second-order valence-electron chi connectivity index (χ2n) is 4.41. The van der Waals surface area contributed by atoms with Crippen LogP contribution in [-0.4, -0.2) is 18.7 Å². The molecule has 1 aliphatic heterocycles. The molecule has 2 rings (SSSR count). The van der Waals surface area contributed by atoms with Crippen LogP contribution in [0.1, 0.15) is 36.2 Å². The Bertz CT molecular complexity index is 441. The zero-order valence-corrected chi connectivity index (χ0v) is 10.2. The number of anilines is 1. The van der Waals surface area contributed by atoms with Gasteiger partial charge in [0.2, 0.25) is 0 Å². The van der Waals surface area contributed by atoms with E-state index in [-0.39, 0.29) is 12.1 Å². The number of benzene rings is 1. The molecule has 0 spiro atoms. The summed E-state index contributed by atoms with van der Waals surface area (Å²) in [6.45, 7) is 4.33. The van der Waals surface area contributed by atoms with Crippen LogP contribution in [0, 0.1) is 0 Å². The largest absolute Gasteiger partial charge is 0.493 e. The predicted molar refractivity (Wildman–Crippen MR) is 65.2 cm³/mol. The Morgan fingerprint density at radius 3 is 2.94 bits per heavy atom. The minimum absolute atomic E-state index is 0.151. The number of hydrogen-bond donors (Lipinski definition) is 1. The highest BCUT2D eigenvalue weighted by atomic mass is 16.5. The molecular weight excluding hydrogens is 218 g/mol. The number of carbonyl (C=O) groups is 1. The molecule has 1 aliphatic rings. The minimum atomic E-state index is -0.361. The van der Waals surface area contributed by atoms with Crippen LogP contribution in [0.25, 0.3) is 0 Å². The normalized spacial score (nSPS) is 14.1. The number of nitrogen functional groups attached to an aromatic ring is 1. The topological polar surface area (TPSA) is 61.5 Å². The van der Waals surface area contributed by atoms with Crippen molar-refractivity contribution in [2.24, 2.45) is 0 Å². The maximum absolute atomic E-state index is 12.0. The van der Waals surface area contributed by atoms with Gasteiger partial charge in [-0.15, -0.1) is 0 Å². The van der Waals surface area contributed by atoms with Crippen LogP contribution in [0.2, 0.25) is 0 Å². The van der Waals surface area contributed by atoms with Gasteiger partial charge in [0.1, 0.15) is 5.75 Å². The maximum atomic E-state index is 12.0. The standard InChI is InChI=1S/C13H17NO3/c1-8(2)17-13(15)12-9-4-3-7-16-11(9)6-5-10(12)14/h5-6,8H,3-4,7,14H2,1-2H3. The summed E-state index contributed by atoms with van der Waals surface area (Å²) >= 11 is 0. The third kappa shape index (κ3) is 2.35. The van der Waals surface area contributed by atoms with Crippen LogP contribution in [0.15, 0.2) is 12.1 Å². The van der Waals surface area contributed by atoms with Gasteiger partial charge < -0.3 is 15.2 Å². The Labute approximate surface area is 101 Å². The second-order valence-corrected chi connectivity index (χ2v) is 4.41. The molecule has 1 heterocycles. The molecule has 0 amide bonds. The Morgan fingerprint density at radius 1 is 1.47 bits per heavy atom. The van der Waals surface area contributed by atoms with Gasteiger partial charge in [0.05, 0.1) is 18.3 Å². The van der Waals surface area contributed by atoms with Crippen LogP contribution in [0.4, 0.5) is 5.69 Å². The molecule has 17 heavy (non-hydrogen) atoms. The third-order valence-corrected chi connectivity index (χ3v) is 2.68. The minimum Gasteiger partial charge on any atom is -0.493 e. The molecule has 92 valence electrons. The van der Waals surface area contributed by atoms with Gasteiger partial charge >= 0.3 is 5.97 Å². The van der Waals surface area contributed by atoms with Crippen LogP contribution in [0.5, 0.6) is 5.75 Å². The quantitative estimate of drug-likeness (QED) is 0.630. The van der Waals surface area contributed by atoms with E-state index < -0.39 is 0 Å². The van der Waals surface area contributed by atoms with E-state index >= 15 is 0 Å². The van der Waals surface area contributed by atoms with Crippen molar-refractivity contribution in [1.29, 1.82) is 0 Å². The van der Waals surface area contributed by atoms with Gasteiger partial charge in [-0.1, -0.05) is 0 Å². The molecule has 4 nitrogen and oxygen atoms in total. The van der Waals surface area contributed by atoms with Crippen molar-refractivity contribution in [2.45, 2.75) is 32.8 Å². The van der Waals surface area contributed by atoms with Crippen molar-refractivity contribution >= 4 is 11.7 Å². The molecule has 0 fully saturated rings. The summed E-state index contributed by atoms with van der Waals surface area (Å²) in [5.41, 5.74) is 7.67. The maximum Gasteiger partial charge on any atom is 0.340 e. The first kappa shape index (κ1) is 11.8. The number of rotatable bonds is 2. The SMILES string of the molecule is CC(C)OC(=O)c1c(N)ccc2c1CCCO2. The Kier molecular flexibility index (Phi) is 3.22. The summed E-state index contributed by atoms with van der Waals surface area (Å²) in [5, 5.41) is 0. The van der Waals surface area contributed by atoms with Crippen molar-refractivity contribution in [3.05, 3.63) is 23.3 Å². The molecule has 0 bridgehead atoms. The molecule has 1 aromatic rings. The summed E-state index contributed by atoms with van der Waals surface area (Å²) in [5.74, 6) is 0.390. The summed E-state index contributed by atoms with van der Waals surface area (Å²) in [7, 11) is 0. The first-order valence-corrected chi connectivity index (χ1v) is 5.84. The van der Waals surface area contributed by atoms with Gasteiger partial charge in [-0.05, 0) is 38.8 Å². The summed E-state index contributed by atoms with van der Waals surface area (Å²) in [6, 6.07) is 3.51. The Balaban J connectivity index is 2.41. The van der Waals surface area contributed by atoms with Crippen molar-refractivity contribution in [3.63, 3.8) is 0 Å². The number of esters is 1. The van der Waals surface area contributed by atoms with Crippen molar-refractivity contribution in [1.82, 2.24) is 0 Å². The number of hydrogen-bond acceptors (Lipinski definition) is 4. The van der Waals surface area contributed by atoms with Gasteiger partial charge in [-0.3, -0.25) is 0 Å². The predicted octanol–water partition coefficient (Wildman–Crippen LogP) is 2.16. The highest BCUT2D eigenvalue weighted by Crippen LogP contribution is 2.32. The number of fused-ring (bicyclic) bond motifs is 1. The summed E-state index contributed by atoms with van der Waals surface area (Å²) < 4.78 is 10.7. The van der Waals surface area contributed by atoms with Crippen LogP contribution < -0.4 is 10.5 Å². The fourth-order valence-corrected chi connectivity index (χ4v) is 1.98. The summed E-state index contributed by atoms with van der Waals surface area (Å²) in [4.78, 5) is 12.0. The van der Waals surface area contributed by atoms with Crippen molar-refractivity contribution < 1.29 is 14.3 Å². The number of ether oxygens (including phenoxy) is 2. The van der Waals surface area contributed by atoms with E-state index in [1.54, 1.807) is 6.07 Å². The zero-order valence-electron chi connectivity index (χ0n) is 10.2. The molecule has 0 radical (unpaired) electrons. The fourth-order valence-electron chi connectivity index (χ4n) is 1.98. The molecule has 4 heteroatoms. The second kappa shape index (κ2) is 4.65. The van der Waals surface area contributed by atoms with E-state index in [1.165, 1.54) is 0 Å². The Morgan fingerprint density at radius 2 is 2.24 bits per heavy atom. The van der Waals surface area contributed by atoms with Crippen LogP contribution in [0.3, 0.4) is 0 Å². The summed E-state index contributed by atoms with van der Waals surface area (Å²) in [6.07, 6.45) is 1.56. The first-order valence-electron chi connectivity index (χ1n) is 5.84. The smallest absolute Gasteiger partial charge is 0.340 e. The van der Waals surface area contributed by atoms with E-state index in [0.29, 0.717) is 17.9 Å². The van der Waals surface area contributed by atoms with Gasteiger partial charge in [0, 0.05) is 11.3 Å². The molecule has 0 saturated heterocycles. The van der Waals surface area contributed by atoms with E-state index in [0.717, 1.165) is 24.2 Å². The van der Waals surface area contributed by atoms with Crippen LogP contribution >= 0.6 is 0 Å². The lowest BCUT2D eigenvalue weighted by Gasteiger charge is -2.21. The number of nitrogens with two attached hydrogens (primary N) is 1. The van der Waals surface area contributed by atoms with E-state index in [9.17, 15) is 4.79 Å². The fraction of sp³-hybridized carbons (Fsp3) is 0.462. The Hall–Kier alpha value is -1.71. The van der Waals surface area contributed by atoms with Crippen molar-refractivity contribution in [2.75, 3.05) is 12.3 Å². The molecular formula is C13H17NO3. The molecule has 2 N–H and O–H groups in total. The third-order valence-electron chi connectivity index (χ3n) is 2.68. The molecule has 1 aromatic carbocycles. The monoisotopic (exact) mass is 235 g/mol. The van der Waals surface area contributed by atoms with Crippen molar-refractivity contribution in [3.8, 4) is 5.75 Å². The number of carbonyl (C=O) groups excluding carboxylic acids is 1. The van der Waals surface area contributed by atoms with E-state index in [2.05, 4.69) is 0 Å². The van der Waals surface area contributed by atoms with Gasteiger partial charge in [-0.2, -0.15) is 0 Å². The lowest BCUT2D eigenvalue weighted by molar-refractivity contribution is 0.0376. The first-order chi connectivity index (χ1) is 8.09. The lowest BCUT2D eigenvalue weighted by Crippen LogP contribution is -2.19. The highest BCUT2D eigenvalue weighted by Gasteiger charge is 2.23. The van der Waals surface area contributed by atoms with E-state index in [4.69, 9.17) is 15.2 Å².